The zero-order chi connectivity index (χ0) is 22.1. The first kappa shape index (κ1) is 19.8. The molecule has 2 heterocycles. The average molecular weight is 441 g/mol. The summed E-state index contributed by atoms with van der Waals surface area (Å²) in [5, 5.41) is 8.41. The van der Waals surface area contributed by atoms with Crippen molar-refractivity contribution in [3.63, 3.8) is 0 Å². The number of halogens is 1. The zero-order valence-electron chi connectivity index (χ0n) is 16.7. The Morgan fingerprint density at radius 2 is 1.56 bits per heavy atom. The Hall–Kier alpha value is -4.16. The highest BCUT2D eigenvalue weighted by Gasteiger charge is 2.19. The number of nitrogens with one attached hydrogen (secondary N) is 2. The lowest BCUT2D eigenvalue weighted by Crippen LogP contribution is -2.34. The summed E-state index contributed by atoms with van der Waals surface area (Å²) in [5.74, 6) is -0.390. The van der Waals surface area contributed by atoms with Gasteiger partial charge in [0.25, 0.3) is 11.5 Å². The summed E-state index contributed by atoms with van der Waals surface area (Å²) in [6.07, 6.45) is 0. The van der Waals surface area contributed by atoms with Crippen molar-refractivity contribution < 1.29 is 4.79 Å². The molecule has 32 heavy (non-hydrogen) atoms. The van der Waals surface area contributed by atoms with E-state index in [9.17, 15) is 9.59 Å². The lowest BCUT2D eigenvalue weighted by atomic mass is 10.1. The molecule has 6 nitrogen and oxygen atoms in total. The predicted octanol–water partition coefficient (Wildman–Crippen LogP) is 5.10. The first-order valence-electron chi connectivity index (χ1n) is 9.94. The molecule has 0 atom stereocenters. The summed E-state index contributed by atoms with van der Waals surface area (Å²) in [7, 11) is 0. The number of carbonyl (C=O) groups is 1. The van der Waals surface area contributed by atoms with E-state index in [2.05, 4.69) is 15.6 Å². The van der Waals surface area contributed by atoms with Crippen molar-refractivity contribution >= 4 is 28.4 Å². The van der Waals surface area contributed by atoms with Crippen LogP contribution >= 0.6 is 11.6 Å². The molecule has 0 aliphatic rings. The molecule has 0 saturated carbocycles. The molecule has 2 aromatic heterocycles. The van der Waals surface area contributed by atoms with Crippen LogP contribution in [0.3, 0.4) is 0 Å². The Labute approximate surface area is 188 Å². The van der Waals surface area contributed by atoms with E-state index in [4.69, 9.17) is 11.6 Å². The Kier molecular flexibility index (Phi) is 5.05. The average Bonchev–Trinajstić information content (AvgIpc) is 3.26. The van der Waals surface area contributed by atoms with Crippen LogP contribution in [-0.2, 0) is 0 Å². The summed E-state index contributed by atoms with van der Waals surface area (Å²) in [6.45, 7) is 0. The van der Waals surface area contributed by atoms with Gasteiger partial charge in [-0.25, -0.2) is 4.68 Å². The number of hydrogen-bond acceptors (Lipinski definition) is 3. The number of amides is 1. The van der Waals surface area contributed by atoms with Gasteiger partial charge in [0.1, 0.15) is 11.2 Å². The topological polar surface area (TPSA) is 79.8 Å². The van der Waals surface area contributed by atoms with Crippen LogP contribution in [0.15, 0.2) is 95.8 Å². The van der Waals surface area contributed by atoms with Gasteiger partial charge in [0, 0.05) is 27.1 Å². The quantitative estimate of drug-likeness (QED) is 0.408. The van der Waals surface area contributed by atoms with Crippen LogP contribution in [0.25, 0.3) is 33.4 Å². The fraction of sp³-hybridized carbons (Fsp3) is 0. The Balaban J connectivity index is 1.72. The van der Waals surface area contributed by atoms with Crippen LogP contribution < -0.4 is 11.0 Å². The van der Waals surface area contributed by atoms with Gasteiger partial charge in [-0.2, -0.15) is 5.10 Å². The SMILES string of the molecule is O=C(Nn1c(-c2ccccc2)cc2c(-c3cccc(Cl)c3)n[nH]c2c1=O)c1ccccc1. The molecule has 0 fully saturated rings. The van der Waals surface area contributed by atoms with E-state index >= 15 is 0 Å². The van der Waals surface area contributed by atoms with E-state index in [-0.39, 0.29) is 11.4 Å². The molecule has 0 unspecified atom stereocenters. The number of benzene rings is 3. The fourth-order valence-electron chi connectivity index (χ4n) is 3.62. The Morgan fingerprint density at radius 1 is 0.875 bits per heavy atom. The van der Waals surface area contributed by atoms with Gasteiger partial charge in [-0.3, -0.25) is 20.1 Å². The molecule has 0 aliphatic carbocycles. The minimum absolute atomic E-state index is 0.285. The van der Waals surface area contributed by atoms with Gasteiger partial charge >= 0.3 is 0 Å². The summed E-state index contributed by atoms with van der Waals surface area (Å²) < 4.78 is 1.26. The molecular weight excluding hydrogens is 424 g/mol. The van der Waals surface area contributed by atoms with E-state index < -0.39 is 5.56 Å². The van der Waals surface area contributed by atoms with E-state index in [1.807, 2.05) is 54.6 Å². The molecule has 3 aromatic carbocycles. The number of fused-ring (bicyclic) bond motifs is 1. The minimum Gasteiger partial charge on any atom is -0.272 e. The predicted molar refractivity (Wildman–Crippen MR) is 126 cm³/mol. The molecule has 0 bridgehead atoms. The normalized spacial score (nSPS) is 10.9. The van der Waals surface area contributed by atoms with Gasteiger partial charge in [-0.15, -0.1) is 0 Å². The summed E-state index contributed by atoms with van der Waals surface area (Å²) >= 11 is 6.16. The second kappa shape index (κ2) is 8.17. The molecular formula is C25H17ClN4O2. The van der Waals surface area contributed by atoms with Gasteiger partial charge in [0.2, 0.25) is 0 Å². The van der Waals surface area contributed by atoms with E-state index in [1.54, 1.807) is 36.4 Å². The zero-order valence-corrected chi connectivity index (χ0v) is 17.5. The van der Waals surface area contributed by atoms with Gasteiger partial charge in [-0.1, -0.05) is 72.3 Å². The van der Waals surface area contributed by atoms with Crippen molar-refractivity contribution in [1.29, 1.82) is 0 Å². The summed E-state index contributed by atoms with van der Waals surface area (Å²) in [4.78, 5) is 26.3. The maximum atomic E-state index is 13.5. The van der Waals surface area contributed by atoms with Gasteiger partial charge < -0.3 is 0 Å². The fourth-order valence-corrected chi connectivity index (χ4v) is 3.81. The standard InChI is InChI=1S/C25H17ClN4O2/c26-19-13-7-12-18(14-19)22-20-15-21(16-8-3-1-4-9-16)30(25(32)23(20)28-27-22)29-24(31)17-10-5-2-6-11-17/h1-15H,(H,27,28)(H,29,31). The van der Waals surface area contributed by atoms with Gasteiger partial charge in [0.05, 0.1) is 5.69 Å². The van der Waals surface area contributed by atoms with E-state index in [1.165, 1.54) is 4.68 Å². The number of hydrogen-bond donors (Lipinski definition) is 2. The molecule has 0 radical (unpaired) electrons. The Bertz CT molecular complexity index is 1490. The number of carbonyl (C=O) groups excluding carboxylic acids is 1. The second-order valence-corrected chi connectivity index (χ2v) is 7.65. The number of aromatic nitrogens is 3. The van der Waals surface area contributed by atoms with Crippen LogP contribution in [0.2, 0.25) is 5.02 Å². The summed E-state index contributed by atoms with van der Waals surface area (Å²) in [6, 6.07) is 27.3. The molecule has 2 N–H and O–H groups in total. The summed E-state index contributed by atoms with van der Waals surface area (Å²) in [5.41, 5.74) is 5.77. The van der Waals surface area contributed by atoms with Crippen molar-refractivity contribution in [3.8, 4) is 22.5 Å². The highest BCUT2D eigenvalue weighted by molar-refractivity contribution is 6.30. The molecule has 0 saturated heterocycles. The highest BCUT2D eigenvalue weighted by Crippen LogP contribution is 2.29. The van der Waals surface area contributed by atoms with Gasteiger partial charge in [-0.05, 0) is 30.3 Å². The molecule has 5 aromatic rings. The molecule has 7 heteroatoms. The lowest BCUT2D eigenvalue weighted by molar-refractivity contribution is 0.101. The Morgan fingerprint density at radius 3 is 2.28 bits per heavy atom. The molecule has 0 spiro atoms. The number of nitrogens with zero attached hydrogens (tertiary/aromatic N) is 2. The number of aromatic amines is 1. The minimum atomic E-state index is -0.411. The van der Waals surface area contributed by atoms with Crippen molar-refractivity contribution in [2.45, 2.75) is 0 Å². The second-order valence-electron chi connectivity index (χ2n) is 7.21. The van der Waals surface area contributed by atoms with Crippen molar-refractivity contribution in [2.75, 3.05) is 5.43 Å². The molecule has 1 amide bonds. The molecule has 0 aliphatic heterocycles. The highest BCUT2D eigenvalue weighted by atomic mass is 35.5. The first-order chi connectivity index (χ1) is 15.6. The van der Waals surface area contributed by atoms with Crippen LogP contribution in [0, 0.1) is 0 Å². The molecule has 5 rings (SSSR count). The number of rotatable bonds is 4. The third-order valence-corrected chi connectivity index (χ3v) is 5.39. The first-order valence-corrected chi connectivity index (χ1v) is 10.3. The third kappa shape index (κ3) is 3.57. The van der Waals surface area contributed by atoms with Crippen molar-refractivity contribution in [3.05, 3.63) is 112 Å². The number of H-pyrrole nitrogens is 1. The lowest BCUT2D eigenvalue weighted by Gasteiger charge is -2.15. The third-order valence-electron chi connectivity index (χ3n) is 5.16. The van der Waals surface area contributed by atoms with Crippen LogP contribution in [0.4, 0.5) is 0 Å². The maximum Gasteiger partial charge on any atom is 0.295 e. The smallest absolute Gasteiger partial charge is 0.272 e. The van der Waals surface area contributed by atoms with Crippen molar-refractivity contribution in [2.24, 2.45) is 0 Å². The maximum absolute atomic E-state index is 13.5. The monoisotopic (exact) mass is 440 g/mol. The van der Waals surface area contributed by atoms with E-state index in [0.29, 0.717) is 27.4 Å². The van der Waals surface area contributed by atoms with Crippen molar-refractivity contribution in [1.82, 2.24) is 14.9 Å². The largest absolute Gasteiger partial charge is 0.295 e. The van der Waals surface area contributed by atoms with Crippen LogP contribution in [0.1, 0.15) is 10.4 Å². The molecule has 156 valence electrons. The van der Waals surface area contributed by atoms with E-state index in [0.717, 1.165) is 11.1 Å². The van der Waals surface area contributed by atoms with Crippen LogP contribution in [0.5, 0.6) is 0 Å². The van der Waals surface area contributed by atoms with Crippen LogP contribution in [-0.4, -0.2) is 20.8 Å². The number of pyridine rings is 1. The van der Waals surface area contributed by atoms with Gasteiger partial charge in [0.15, 0.2) is 0 Å².